The summed E-state index contributed by atoms with van der Waals surface area (Å²) in [5, 5.41) is 5.99. The molecule has 5 nitrogen and oxygen atoms in total. The molecule has 24 heavy (non-hydrogen) atoms. The summed E-state index contributed by atoms with van der Waals surface area (Å²) < 4.78 is 5.57. The Labute approximate surface area is 146 Å². The lowest BCUT2D eigenvalue weighted by molar-refractivity contribution is 0.0115. The van der Waals surface area contributed by atoms with Gasteiger partial charge in [0.1, 0.15) is 11.0 Å². The van der Waals surface area contributed by atoms with E-state index in [2.05, 4.69) is 42.3 Å². The number of nitrogens with zero attached hydrogens (tertiary/aromatic N) is 2. The molecule has 1 atom stereocenters. The lowest BCUT2D eigenvalue weighted by Gasteiger charge is -2.34. The molecule has 1 aromatic carbocycles. The van der Waals surface area contributed by atoms with Gasteiger partial charge in [-0.25, -0.2) is 9.78 Å². The Hall–Kier alpha value is -1.92. The lowest BCUT2D eigenvalue weighted by atomic mass is 10.1. The van der Waals surface area contributed by atoms with Gasteiger partial charge in [-0.3, -0.25) is 0 Å². The molecule has 1 aliphatic heterocycles. The number of hydrogen-bond acceptors (Lipinski definition) is 4. The van der Waals surface area contributed by atoms with Crippen LogP contribution in [0.3, 0.4) is 0 Å². The molecule has 1 N–H and O–H groups in total. The fraction of sp³-hybridized carbons (Fsp3) is 0.444. The van der Waals surface area contributed by atoms with E-state index in [-0.39, 0.29) is 12.1 Å². The second kappa shape index (κ2) is 7.32. The van der Waals surface area contributed by atoms with E-state index in [9.17, 15) is 4.79 Å². The van der Waals surface area contributed by atoms with Crippen LogP contribution in [-0.2, 0) is 11.3 Å². The molecule has 2 amide bonds. The molecule has 0 bridgehead atoms. The van der Waals surface area contributed by atoms with Crippen LogP contribution in [0.4, 0.5) is 4.79 Å². The highest BCUT2D eigenvalue weighted by molar-refractivity contribution is 7.09. The molecule has 1 saturated heterocycles. The Kier molecular flexibility index (Phi) is 5.16. The third kappa shape index (κ3) is 3.76. The van der Waals surface area contributed by atoms with Crippen molar-refractivity contribution in [3.05, 3.63) is 51.0 Å². The molecule has 1 fully saturated rings. The van der Waals surface area contributed by atoms with Gasteiger partial charge in [-0.15, -0.1) is 11.3 Å². The Bertz CT molecular complexity index is 729. The molecule has 3 rings (SSSR count). The summed E-state index contributed by atoms with van der Waals surface area (Å²) in [4.78, 5) is 19.0. The number of urea groups is 1. The van der Waals surface area contributed by atoms with Gasteiger partial charge in [0, 0.05) is 24.2 Å². The maximum Gasteiger partial charge on any atom is 0.318 e. The summed E-state index contributed by atoms with van der Waals surface area (Å²) >= 11 is 1.58. The number of carbonyl (C=O) groups excluding carboxylic acids is 1. The van der Waals surface area contributed by atoms with Gasteiger partial charge in [-0.1, -0.05) is 23.8 Å². The summed E-state index contributed by atoms with van der Waals surface area (Å²) in [7, 11) is 0. The summed E-state index contributed by atoms with van der Waals surface area (Å²) in [6.45, 7) is 8.30. The number of rotatable bonds is 3. The average Bonchev–Trinajstić information content (AvgIpc) is 3.00. The van der Waals surface area contributed by atoms with Gasteiger partial charge in [0.05, 0.1) is 13.2 Å². The van der Waals surface area contributed by atoms with Gasteiger partial charge < -0.3 is 15.0 Å². The zero-order valence-electron chi connectivity index (χ0n) is 14.3. The van der Waals surface area contributed by atoms with Crippen molar-refractivity contribution in [2.45, 2.75) is 33.4 Å². The van der Waals surface area contributed by atoms with E-state index in [0.717, 1.165) is 16.3 Å². The second-order valence-electron chi connectivity index (χ2n) is 6.20. The number of thiazole rings is 1. The van der Waals surface area contributed by atoms with E-state index in [1.54, 1.807) is 11.3 Å². The van der Waals surface area contributed by atoms with Crippen LogP contribution >= 0.6 is 11.3 Å². The third-order valence-corrected chi connectivity index (χ3v) is 5.30. The van der Waals surface area contributed by atoms with E-state index in [4.69, 9.17) is 4.74 Å². The van der Waals surface area contributed by atoms with Crippen LogP contribution in [0.1, 0.15) is 33.4 Å². The van der Waals surface area contributed by atoms with Crippen molar-refractivity contribution < 1.29 is 9.53 Å². The summed E-state index contributed by atoms with van der Waals surface area (Å²) in [6.07, 6.45) is 0. The molecule has 0 aliphatic carbocycles. The largest absolute Gasteiger partial charge is 0.377 e. The molecular formula is C18H23N3O2S. The summed E-state index contributed by atoms with van der Waals surface area (Å²) in [6, 6.07) is 6.13. The molecule has 1 aliphatic rings. The number of ether oxygens (including phenoxy) is 1. The maximum atomic E-state index is 12.7. The molecule has 2 heterocycles. The van der Waals surface area contributed by atoms with Gasteiger partial charge in [-0.05, 0) is 31.9 Å². The zero-order valence-corrected chi connectivity index (χ0v) is 15.2. The second-order valence-corrected chi connectivity index (χ2v) is 7.09. The van der Waals surface area contributed by atoms with Gasteiger partial charge in [0.2, 0.25) is 0 Å². The molecule has 0 radical (unpaired) electrons. The predicted octanol–water partition coefficient (Wildman–Crippen LogP) is 3.35. The molecule has 6 heteroatoms. The summed E-state index contributed by atoms with van der Waals surface area (Å²) in [5.41, 5.74) is 4.55. The van der Waals surface area contributed by atoms with E-state index < -0.39 is 0 Å². The maximum absolute atomic E-state index is 12.7. The number of carbonyl (C=O) groups is 1. The minimum Gasteiger partial charge on any atom is -0.377 e. The van der Waals surface area contributed by atoms with E-state index >= 15 is 0 Å². The van der Waals surface area contributed by atoms with Gasteiger partial charge >= 0.3 is 6.03 Å². The van der Waals surface area contributed by atoms with Crippen LogP contribution in [0, 0.1) is 20.8 Å². The van der Waals surface area contributed by atoms with Crippen LogP contribution in [-0.4, -0.2) is 35.7 Å². The van der Waals surface area contributed by atoms with Gasteiger partial charge in [0.15, 0.2) is 0 Å². The van der Waals surface area contributed by atoms with Crippen LogP contribution in [0.25, 0.3) is 0 Å². The highest BCUT2D eigenvalue weighted by Crippen LogP contribution is 2.27. The number of hydrogen-bond donors (Lipinski definition) is 1. The first-order chi connectivity index (χ1) is 11.5. The number of aromatic nitrogens is 1. The van der Waals surface area contributed by atoms with Crippen LogP contribution in [0.15, 0.2) is 23.6 Å². The quantitative estimate of drug-likeness (QED) is 0.928. The van der Waals surface area contributed by atoms with Crippen LogP contribution in [0.2, 0.25) is 0 Å². The lowest BCUT2D eigenvalue weighted by Crippen LogP contribution is -2.47. The molecule has 2 aromatic rings. The molecule has 1 aromatic heterocycles. The Morgan fingerprint density at radius 2 is 2.25 bits per heavy atom. The topological polar surface area (TPSA) is 54.5 Å². The number of benzene rings is 1. The molecule has 0 saturated carbocycles. The Morgan fingerprint density at radius 3 is 2.96 bits per heavy atom. The average molecular weight is 345 g/mol. The first-order valence-corrected chi connectivity index (χ1v) is 9.03. The zero-order chi connectivity index (χ0) is 17.1. The standard InChI is InChI=1S/C18H23N3O2S/c1-12-4-5-15(13(2)8-12)9-19-18(22)21-6-7-23-10-16(21)17-20-14(3)11-24-17/h4-5,8,11,16H,6-7,9-10H2,1-3H3,(H,19,22)/t16-/m1/s1. The van der Waals surface area contributed by atoms with Crippen molar-refractivity contribution in [1.82, 2.24) is 15.2 Å². The Morgan fingerprint density at radius 1 is 1.42 bits per heavy atom. The predicted molar refractivity (Wildman–Crippen MR) is 95.3 cm³/mol. The molecular weight excluding hydrogens is 322 g/mol. The van der Waals surface area contributed by atoms with Gasteiger partial charge in [0.25, 0.3) is 0 Å². The van der Waals surface area contributed by atoms with Crippen LogP contribution < -0.4 is 5.32 Å². The highest BCUT2D eigenvalue weighted by Gasteiger charge is 2.30. The number of amides is 2. The van der Waals surface area contributed by atoms with Crippen LogP contribution in [0.5, 0.6) is 0 Å². The first-order valence-electron chi connectivity index (χ1n) is 8.15. The highest BCUT2D eigenvalue weighted by atomic mass is 32.1. The molecule has 0 unspecified atom stereocenters. The smallest absolute Gasteiger partial charge is 0.318 e. The third-order valence-electron chi connectivity index (χ3n) is 4.24. The summed E-state index contributed by atoms with van der Waals surface area (Å²) in [5.74, 6) is 0. The van der Waals surface area contributed by atoms with Crippen molar-refractivity contribution in [1.29, 1.82) is 0 Å². The normalized spacial score (nSPS) is 17.8. The Balaban J connectivity index is 1.68. The number of aryl methyl sites for hydroxylation is 3. The van der Waals surface area contributed by atoms with Gasteiger partial charge in [-0.2, -0.15) is 0 Å². The minimum absolute atomic E-state index is 0.0591. The molecule has 128 valence electrons. The van der Waals surface area contributed by atoms with E-state index in [1.807, 2.05) is 17.2 Å². The monoisotopic (exact) mass is 345 g/mol. The number of morpholine rings is 1. The van der Waals surface area contributed by atoms with Crippen molar-refractivity contribution in [3.8, 4) is 0 Å². The first kappa shape index (κ1) is 16.9. The SMILES string of the molecule is Cc1ccc(CNC(=O)N2CCOC[C@@H]2c2nc(C)cs2)c(C)c1. The fourth-order valence-corrected chi connectivity index (χ4v) is 3.79. The van der Waals surface area contributed by atoms with Crippen molar-refractivity contribution >= 4 is 17.4 Å². The van der Waals surface area contributed by atoms with E-state index in [0.29, 0.717) is 26.3 Å². The fourth-order valence-electron chi connectivity index (χ4n) is 2.89. The molecule has 0 spiro atoms. The van der Waals surface area contributed by atoms with Crippen molar-refractivity contribution in [2.24, 2.45) is 0 Å². The minimum atomic E-state index is -0.100. The van der Waals surface area contributed by atoms with Crippen molar-refractivity contribution in [3.63, 3.8) is 0 Å². The van der Waals surface area contributed by atoms with E-state index in [1.165, 1.54) is 11.1 Å². The number of nitrogens with one attached hydrogen (secondary N) is 1. The van der Waals surface area contributed by atoms with Crippen molar-refractivity contribution in [2.75, 3.05) is 19.8 Å².